The SMILES string of the molecule is CC(C)/C=C(\C#N)C(F)(F)F.CC(C)/C=C/C#N.CC(C)/C=C/c1c(F)c(F)c(F)c(F)c1F.CC(C)C=C(C#N)C#N.CC(C)C=C(C(F)(F)F)C(F)(F)F.Cc1cc(-c2c(F)c(F)c(F)c(F)c2F)cc(C(C)C)c1.Cc1cc(-c2c(F)c(F)c(F)c(F)c2F)cc(C(C)C)c1.Cc1cc(-c2cc(C(F)(F)F)cc(C(F)(F)F)c2)cc(C(C)C)c1.Cc1cc(-c2ccc(C(F)(F)F)cc2C)cc(C(C)C)c1. The molecule has 0 spiro atoms. The van der Waals surface area contributed by atoms with E-state index >= 15 is 0 Å². The van der Waals surface area contributed by atoms with Crippen molar-refractivity contribution in [2.24, 2.45) is 29.6 Å². The third-order valence-corrected chi connectivity index (χ3v) is 19.1. The van der Waals surface area contributed by atoms with Crippen LogP contribution in [0.2, 0.25) is 0 Å². The van der Waals surface area contributed by atoms with Crippen LogP contribution in [-0.2, 0) is 18.5 Å². The highest BCUT2D eigenvalue weighted by Crippen LogP contribution is 2.44. The van der Waals surface area contributed by atoms with Crippen LogP contribution in [0.15, 0.2) is 162 Å². The fourth-order valence-electron chi connectivity index (χ4n) is 12.1. The van der Waals surface area contributed by atoms with E-state index in [0.29, 0.717) is 34.1 Å². The molecule has 0 amide bonds. The van der Waals surface area contributed by atoms with Crippen LogP contribution >= 0.6 is 0 Å². The lowest BCUT2D eigenvalue weighted by Gasteiger charge is -2.16. The predicted molar refractivity (Wildman–Crippen MR) is 486 cm³/mol. The molecule has 9 rings (SSSR count). The molecule has 4 nitrogen and oxygen atoms in total. The Morgan fingerprint density at radius 3 is 0.797 bits per heavy atom. The first-order valence-corrected chi connectivity index (χ1v) is 43.1. The monoisotopic (exact) mass is 2060 g/mol. The standard InChI is InChI=1S/C18H16F6.C18H19F3.2C16H13F5.C11H9F5.C7H8F6.C7H8F3N.C7H8N2.C6H9N/c1-10(2)12-4-11(3)5-13(6-12)14-7-15(17(19,20)21)9-16(8-14)18(22,23)24;1-11(2)14-7-12(3)8-15(10-14)17-6-5-16(9-13(17)4)18(19,20)21;2*1-7(2)9-4-8(3)5-10(6-9)11-12(17)14(19)16(21)15(20)13(11)18;1-5(2)3-4-6-7(12)9(14)11(16)10(15)8(6)13;1-4(2)3-5(6(8,9)10)7(11,12)13;1-5(2)3-6(4-11)7(8,9)10;1-6(2)3-7(4-8)5-9;1-6(2)4-3-5-7/h4-10H,1-3H3;5-11H,1-4H3;2*4-7H,1-3H3;3-5H,1-2H3;3-4H,1-2H3;3,5H,1-2H3;3,6H,1-2H3;3-4,6H,1-2H3/b;;;;4-3+;;6-3+;;4-3+. The summed E-state index contributed by atoms with van der Waals surface area (Å²) in [4.78, 5) is 0. The Hall–Kier alpha value is -12.7. The Kier molecular flexibility index (Phi) is 49.6. The van der Waals surface area contributed by atoms with Crippen LogP contribution < -0.4 is 0 Å². The van der Waals surface area contributed by atoms with Gasteiger partial charge in [0, 0.05) is 6.08 Å². The maximum absolute atomic E-state index is 13.8. The zero-order valence-electron chi connectivity index (χ0n) is 81.4. The molecule has 0 unspecified atom stereocenters. The Bertz CT molecular complexity index is 5870. The average molecular weight is 2060 g/mol. The second kappa shape index (κ2) is 55.3. The molecule has 0 fully saturated rings. The van der Waals surface area contributed by atoms with Gasteiger partial charge in [-0.3, -0.25) is 0 Å². The third-order valence-electron chi connectivity index (χ3n) is 19.1. The van der Waals surface area contributed by atoms with Crippen LogP contribution in [0.1, 0.15) is 221 Å². The molecule has 0 heterocycles. The van der Waals surface area contributed by atoms with Gasteiger partial charge in [0.1, 0.15) is 34.9 Å². The zero-order valence-corrected chi connectivity index (χ0v) is 81.4. The van der Waals surface area contributed by atoms with Crippen LogP contribution in [0.3, 0.4) is 0 Å². The summed E-state index contributed by atoms with van der Waals surface area (Å²) >= 11 is 0. The quantitative estimate of drug-likeness (QED) is 0.0356. The van der Waals surface area contributed by atoms with E-state index < -0.39 is 175 Å². The fraction of sp³-hybridized carbons (Fsp3) is 0.358. The van der Waals surface area contributed by atoms with Crippen molar-refractivity contribution in [2.75, 3.05) is 0 Å². The van der Waals surface area contributed by atoms with Crippen molar-refractivity contribution >= 4 is 6.08 Å². The first-order valence-electron chi connectivity index (χ1n) is 43.1. The third kappa shape index (κ3) is 40.6. The van der Waals surface area contributed by atoms with E-state index in [4.69, 9.17) is 21.0 Å². The Labute approximate surface area is 808 Å². The van der Waals surface area contributed by atoms with Gasteiger partial charge in [0.2, 0.25) is 17.5 Å². The van der Waals surface area contributed by atoms with Gasteiger partial charge in [-0.2, -0.15) is 100 Å². The maximum atomic E-state index is 13.8. The van der Waals surface area contributed by atoms with E-state index in [1.54, 1.807) is 104 Å². The zero-order chi connectivity index (χ0) is 111. The van der Waals surface area contributed by atoms with Crippen LogP contribution in [0.4, 0.5) is 145 Å². The van der Waals surface area contributed by atoms with Crippen LogP contribution in [-0.4, -0.2) is 18.5 Å². The highest BCUT2D eigenvalue weighted by molar-refractivity contribution is 5.72. The minimum Gasteiger partial charge on any atom is -0.203 e. The first kappa shape index (κ1) is 128. The minimum atomic E-state index is -5.33. The summed E-state index contributed by atoms with van der Waals surface area (Å²) in [6.45, 7) is 41.4. The van der Waals surface area contributed by atoms with Crippen molar-refractivity contribution in [3.8, 4) is 68.8 Å². The number of alkyl halides is 18. The number of allylic oxidation sites excluding steroid dienone is 9. The number of nitriles is 4. The molecule has 0 aliphatic heterocycles. The topological polar surface area (TPSA) is 95.2 Å². The van der Waals surface area contributed by atoms with Gasteiger partial charge in [-0.25, -0.2) is 65.9 Å². The molecule has 0 atom stereocenters. The molecule has 0 bridgehead atoms. The van der Waals surface area contributed by atoms with Crippen molar-refractivity contribution < 1.29 is 145 Å². The smallest absolute Gasteiger partial charge is 0.203 e. The van der Waals surface area contributed by atoms with Crippen molar-refractivity contribution in [1.82, 2.24) is 0 Å². The average Bonchev–Trinajstić information content (AvgIpc) is 0.717. The van der Waals surface area contributed by atoms with Gasteiger partial charge in [-0.05, 0) is 179 Å². The minimum absolute atomic E-state index is 0.0218. The number of benzene rings is 9. The highest BCUT2D eigenvalue weighted by atomic mass is 19.4. The van der Waals surface area contributed by atoms with E-state index in [1.807, 2.05) is 100 Å². The summed E-state index contributed by atoms with van der Waals surface area (Å²) in [6.07, 6.45) is -20.8. The largest absolute Gasteiger partial charge is 0.425 e. The molecule has 778 valence electrons. The number of hydrogen-bond acceptors (Lipinski definition) is 4. The lowest BCUT2D eigenvalue weighted by molar-refractivity contribution is -0.172. The van der Waals surface area contributed by atoms with E-state index in [-0.39, 0.29) is 69.9 Å². The van der Waals surface area contributed by atoms with Gasteiger partial charge in [0.05, 0.1) is 39.4 Å². The normalized spacial score (nSPS) is 11.7. The summed E-state index contributed by atoms with van der Waals surface area (Å²) in [5.41, 5.74) is 0.257. The first-order chi connectivity index (χ1) is 65.3. The van der Waals surface area contributed by atoms with Crippen molar-refractivity contribution in [1.29, 1.82) is 21.0 Å². The van der Waals surface area contributed by atoms with E-state index in [0.717, 1.165) is 75.4 Å². The molecular weight excluding hydrogens is 1960 g/mol. The van der Waals surface area contributed by atoms with Crippen LogP contribution in [0.5, 0.6) is 0 Å². The van der Waals surface area contributed by atoms with Gasteiger partial charge in [0.25, 0.3) is 0 Å². The molecular formula is C106H103F33N4. The lowest BCUT2D eigenvalue weighted by atomic mass is 9.92. The van der Waals surface area contributed by atoms with Crippen LogP contribution in [0.25, 0.3) is 50.6 Å². The molecule has 9 aromatic carbocycles. The van der Waals surface area contributed by atoms with Crippen molar-refractivity contribution in [3.63, 3.8) is 0 Å². The number of rotatable bonds is 14. The van der Waals surface area contributed by atoms with Crippen molar-refractivity contribution in [2.45, 2.75) is 220 Å². The lowest BCUT2D eigenvalue weighted by Crippen LogP contribution is -2.26. The summed E-state index contributed by atoms with van der Waals surface area (Å²) in [7, 11) is 0. The maximum Gasteiger partial charge on any atom is 0.425 e. The molecule has 0 aromatic heterocycles. The Balaban J connectivity index is 0.000000821. The number of aryl methyl sites for hydroxylation is 5. The molecule has 0 aliphatic rings. The van der Waals surface area contributed by atoms with Crippen LogP contribution in [0, 0.1) is 197 Å². The fourth-order valence-corrected chi connectivity index (χ4v) is 12.1. The van der Waals surface area contributed by atoms with Gasteiger partial charge in [-0.1, -0.05) is 262 Å². The van der Waals surface area contributed by atoms with Gasteiger partial charge in [-0.15, -0.1) is 0 Å². The molecule has 0 N–H and O–H groups in total. The molecule has 0 aliphatic carbocycles. The summed E-state index contributed by atoms with van der Waals surface area (Å²) in [5, 5.41) is 32.5. The van der Waals surface area contributed by atoms with E-state index in [2.05, 4.69) is 26.0 Å². The Morgan fingerprint density at radius 1 is 0.273 bits per heavy atom. The molecule has 0 saturated heterocycles. The number of hydrogen-bond donors (Lipinski definition) is 0. The summed E-state index contributed by atoms with van der Waals surface area (Å²) < 4.78 is 421. The Morgan fingerprint density at radius 2 is 0.559 bits per heavy atom. The predicted octanol–water partition coefficient (Wildman–Crippen LogP) is 37.6. The van der Waals surface area contributed by atoms with Gasteiger partial charge >= 0.3 is 37.1 Å². The second-order valence-corrected chi connectivity index (χ2v) is 35.0. The van der Waals surface area contributed by atoms with Gasteiger partial charge < -0.3 is 0 Å². The second-order valence-electron chi connectivity index (χ2n) is 35.0. The molecule has 0 saturated carbocycles. The molecule has 0 radical (unpaired) electrons. The molecule has 9 aromatic rings. The van der Waals surface area contributed by atoms with E-state index in [9.17, 15) is 145 Å². The number of nitrogens with zero attached hydrogens (tertiary/aromatic N) is 4. The van der Waals surface area contributed by atoms with E-state index in [1.165, 1.54) is 61.9 Å². The van der Waals surface area contributed by atoms with Gasteiger partial charge in [0.15, 0.2) is 69.8 Å². The summed E-state index contributed by atoms with van der Waals surface area (Å²) in [5.74, 6) is -28.6. The highest BCUT2D eigenvalue weighted by Gasteiger charge is 2.51. The molecule has 37 heteroatoms. The molecule has 143 heavy (non-hydrogen) atoms. The summed E-state index contributed by atoms with van der Waals surface area (Å²) in [6, 6.07) is 32.7. The van der Waals surface area contributed by atoms with Crippen molar-refractivity contribution in [3.05, 3.63) is 322 Å². The number of halogens is 33.